The Morgan fingerprint density at radius 3 is 2.52 bits per heavy atom. The summed E-state index contributed by atoms with van der Waals surface area (Å²) >= 11 is 0. The molecular weight excluding hydrogens is 389 g/mol. The van der Waals surface area contributed by atoms with Crippen molar-refractivity contribution in [2.75, 3.05) is 13.1 Å². The molecule has 1 saturated heterocycles. The molecule has 31 heavy (non-hydrogen) atoms. The number of rotatable bonds is 5. The minimum atomic E-state index is -0.223. The van der Waals surface area contributed by atoms with Gasteiger partial charge in [-0.3, -0.25) is 4.79 Å². The van der Waals surface area contributed by atoms with Gasteiger partial charge in [-0.05, 0) is 67.9 Å². The van der Waals surface area contributed by atoms with Crippen LogP contribution < -0.4 is 0 Å². The maximum atomic E-state index is 13.3. The average Bonchev–Trinajstić information content (AvgIpc) is 3.42. The molecule has 2 fully saturated rings. The van der Waals surface area contributed by atoms with Gasteiger partial charge >= 0.3 is 0 Å². The summed E-state index contributed by atoms with van der Waals surface area (Å²) in [6, 6.07) is 12.9. The van der Waals surface area contributed by atoms with Gasteiger partial charge in [0.25, 0.3) is 0 Å². The van der Waals surface area contributed by atoms with Gasteiger partial charge in [-0.25, -0.2) is 9.37 Å². The number of likely N-dealkylation sites (tertiary alicyclic amines) is 1. The smallest absolute Gasteiger partial charge is 0.225 e. The lowest BCUT2D eigenvalue weighted by atomic mass is 9.99. The molecule has 0 N–H and O–H groups in total. The number of nitrogens with zero attached hydrogens (tertiary/aromatic N) is 3. The summed E-state index contributed by atoms with van der Waals surface area (Å²) < 4.78 is 15.6. The van der Waals surface area contributed by atoms with Gasteiger partial charge in [0, 0.05) is 43.0 Å². The second-order valence-electron chi connectivity index (χ2n) is 9.08. The summed E-state index contributed by atoms with van der Waals surface area (Å²) in [6.07, 6.45) is 5.12. The summed E-state index contributed by atoms with van der Waals surface area (Å²) in [5.74, 6) is 1.88. The quantitative estimate of drug-likeness (QED) is 0.570. The van der Waals surface area contributed by atoms with Crippen molar-refractivity contribution in [3.8, 4) is 22.5 Å². The van der Waals surface area contributed by atoms with Crippen molar-refractivity contribution in [1.82, 2.24) is 14.5 Å². The van der Waals surface area contributed by atoms with Crippen molar-refractivity contribution in [2.24, 2.45) is 11.8 Å². The van der Waals surface area contributed by atoms with Crippen LogP contribution in [0.5, 0.6) is 0 Å². The van der Waals surface area contributed by atoms with E-state index in [2.05, 4.69) is 41.5 Å². The number of amides is 1. The minimum absolute atomic E-state index is 0.223. The fraction of sp³-hybridized carbons (Fsp3) is 0.385. The van der Waals surface area contributed by atoms with E-state index in [1.807, 2.05) is 18.3 Å². The highest BCUT2D eigenvalue weighted by molar-refractivity contribution is 5.81. The Hall–Kier alpha value is -2.95. The van der Waals surface area contributed by atoms with Crippen LogP contribution in [0.15, 0.2) is 48.7 Å². The first-order chi connectivity index (χ1) is 15.0. The van der Waals surface area contributed by atoms with Gasteiger partial charge in [0.1, 0.15) is 11.6 Å². The topological polar surface area (TPSA) is 38.1 Å². The molecule has 1 amide bonds. The van der Waals surface area contributed by atoms with E-state index in [1.54, 1.807) is 0 Å². The van der Waals surface area contributed by atoms with Crippen molar-refractivity contribution in [3.05, 3.63) is 65.7 Å². The summed E-state index contributed by atoms with van der Waals surface area (Å²) in [4.78, 5) is 19.2. The maximum Gasteiger partial charge on any atom is 0.225 e. The van der Waals surface area contributed by atoms with E-state index in [4.69, 9.17) is 4.98 Å². The zero-order valence-corrected chi connectivity index (χ0v) is 18.1. The Kier molecular flexibility index (Phi) is 5.12. The van der Waals surface area contributed by atoms with Crippen molar-refractivity contribution in [1.29, 1.82) is 0 Å². The maximum absolute atomic E-state index is 13.3. The molecule has 5 rings (SSSR count). The van der Waals surface area contributed by atoms with E-state index >= 15 is 0 Å². The van der Waals surface area contributed by atoms with E-state index in [0.29, 0.717) is 17.7 Å². The first-order valence-corrected chi connectivity index (χ1v) is 11.2. The van der Waals surface area contributed by atoms with Crippen LogP contribution >= 0.6 is 0 Å². The third-order valence-electron chi connectivity index (χ3n) is 6.66. The van der Waals surface area contributed by atoms with E-state index in [9.17, 15) is 9.18 Å². The molecule has 2 aromatic carbocycles. The Bertz CT molecular complexity index is 1110. The lowest BCUT2D eigenvalue weighted by Crippen LogP contribution is -2.30. The van der Waals surface area contributed by atoms with Gasteiger partial charge in [0.15, 0.2) is 0 Å². The Morgan fingerprint density at radius 1 is 1.06 bits per heavy atom. The van der Waals surface area contributed by atoms with Gasteiger partial charge in [0.05, 0.1) is 0 Å². The number of hydrogen-bond donors (Lipinski definition) is 0. The molecule has 160 valence electrons. The van der Waals surface area contributed by atoms with Crippen LogP contribution in [0.2, 0.25) is 0 Å². The molecule has 1 aromatic heterocycles. The molecule has 3 aromatic rings. The van der Waals surface area contributed by atoms with Gasteiger partial charge in [-0.2, -0.15) is 0 Å². The predicted molar refractivity (Wildman–Crippen MR) is 120 cm³/mol. The van der Waals surface area contributed by atoms with Gasteiger partial charge in [-0.15, -0.1) is 0 Å². The van der Waals surface area contributed by atoms with E-state index in [1.165, 1.54) is 12.1 Å². The molecule has 0 bridgehead atoms. The molecule has 2 heterocycles. The van der Waals surface area contributed by atoms with Gasteiger partial charge in [0.2, 0.25) is 5.91 Å². The highest BCUT2D eigenvalue weighted by Crippen LogP contribution is 2.34. The fourth-order valence-corrected chi connectivity index (χ4v) is 4.67. The number of hydrogen-bond acceptors (Lipinski definition) is 2. The van der Waals surface area contributed by atoms with Crippen molar-refractivity contribution in [3.63, 3.8) is 0 Å². The number of benzene rings is 2. The second kappa shape index (κ2) is 7.95. The van der Waals surface area contributed by atoms with Crippen LogP contribution in [0.1, 0.15) is 30.5 Å². The van der Waals surface area contributed by atoms with Crippen LogP contribution in [0.3, 0.4) is 0 Å². The van der Waals surface area contributed by atoms with E-state index in [0.717, 1.165) is 72.7 Å². The average molecular weight is 418 g/mol. The Morgan fingerprint density at radius 2 is 1.81 bits per heavy atom. The molecule has 5 heteroatoms. The summed E-state index contributed by atoms with van der Waals surface area (Å²) in [5, 5.41) is 0. The number of halogens is 1. The third kappa shape index (κ3) is 4.01. The van der Waals surface area contributed by atoms with Gasteiger partial charge < -0.3 is 9.47 Å². The van der Waals surface area contributed by atoms with E-state index in [-0.39, 0.29) is 5.82 Å². The van der Waals surface area contributed by atoms with Crippen molar-refractivity contribution < 1.29 is 9.18 Å². The number of carbonyl (C=O) groups is 1. The molecular formula is C26H28FN3O. The molecule has 0 radical (unpaired) electrons. The highest BCUT2D eigenvalue weighted by atomic mass is 19.1. The normalized spacial score (nSPS) is 18.5. The lowest BCUT2D eigenvalue weighted by Gasteiger charge is -2.18. The third-order valence-corrected chi connectivity index (χ3v) is 6.66. The summed E-state index contributed by atoms with van der Waals surface area (Å²) in [7, 11) is 0. The molecule has 1 atom stereocenters. The Labute approximate surface area is 182 Å². The molecule has 1 saturated carbocycles. The first-order valence-electron chi connectivity index (χ1n) is 11.2. The van der Waals surface area contributed by atoms with E-state index < -0.39 is 0 Å². The molecule has 1 aliphatic carbocycles. The summed E-state index contributed by atoms with van der Waals surface area (Å²) in [5.41, 5.74) is 5.47. The van der Waals surface area contributed by atoms with Crippen LogP contribution in [-0.2, 0) is 11.3 Å². The minimum Gasteiger partial charge on any atom is -0.342 e. The molecule has 0 spiro atoms. The standard InChI is InChI=1S/C26H28FN3O/c1-17-13-22(20-5-8-23(27)9-6-20)7-10-24(17)25-28-14-18(2)30(25)16-19-11-12-29(15-19)26(31)21-3-4-21/h5-10,13-14,19,21H,3-4,11-12,15-16H2,1-2H3. The van der Waals surface area contributed by atoms with Gasteiger partial charge in [-0.1, -0.05) is 30.3 Å². The van der Waals surface area contributed by atoms with Crippen molar-refractivity contribution >= 4 is 5.91 Å². The molecule has 1 aliphatic heterocycles. The van der Waals surface area contributed by atoms with Crippen LogP contribution in [0.25, 0.3) is 22.5 Å². The van der Waals surface area contributed by atoms with Crippen LogP contribution in [-0.4, -0.2) is 33.4 Å². The highest BCUT2D eigenvalue weighted by Gasteiger charge is 2.36. The zero-order valence-electron chi connectivity index (χ0n) is 18.1. The zero-order chi connectivity index (χ0) is 21.5. The monoisotopic (exact) mass is 417 g/mol. The largest absolute Gasteiger partial charge is 0.342 e. The SMILES string of the molecule is Cc1cc(-c2ccc(F)cc2)ccc1-c1ncc(C)n1CC1CCN(C(=O)C2CC2)C1. The first kappa shape index (κ1) is 20.0. The second-order valence-corrected chi connectivity index (χ2v) is 9.08. The molecule has 4 nitrogen and oxygen atoms in total. The Balaban J connectivity index is 1.37. The predicted octanol–water partition coefficient (Wildman–Crippen LogP) is 5.23. The number of aryl methyl sites for hydroxylation is 2. The number of aromatic nitrogens is 2. The fourth-order valence-electron chi connectivity index (χ4n) is 4.67. The number of carbonyl (C=O) groups excluding carboxylic acids is 1. The number of imidazole rings is 1. The lowest BCUT2D eigenvalue weighted by molar-refractivity contribution is -0.131. The molecule has 2 aliphatic rings. The van der Waals surface area contributed by atoms with Crippen LogP contribution in [0, 0.1) is 31.5 Å². The summed E-state index contributed by atoms with van der Waals surface area (Å²) in [6.45, 7) is 6.82. The van der Waals surface area contributed by atoms with Crippen LogP contribution in [0.4, 0.5) is 4.39 Å². The van der Waals surface area contributed by atoms with Crippen molar-refractivity contribution in [2.45, 2.75) is 39.7 Å². The molecule has 1 unspecified atom stereocenters.